The summed E-state index contributed by atoms with van der Waals surface area (Å²) in [7, 11) is 0. The molecule has 9 atom stereocenters. The molecule has 8 rings (SSSR count). The fourth-order valence-corrected chi connectivity index (χ4v) is 11.5. The van der Waals surface area contributed by atoms with Crippen molar-refractivity contribution in [1.29, 1.82) is 0 Å². The molecule has 0 unspecified atom stereocenters. The van der Waals surface area contributed by atoms with Crippen LogP contribution in [0, 0.1) is 23.7 Å². The minimum atomic E-state index is -1.65. The number of phenolic OH excluding ortho intramolecular Hbond substituents is 1. The zero-order valence-electron chi connectivity index (χ0n) is 40.3. The molecule has 11 nitrogen and oxygen atoms in total. The van der Waals surface area contributed by atoms with Crippen molar-refractivity contribution in [2.24, 2.45) is 11.8 Å². The highest BCUT2D eigenvalue weighted by molar-refractivity contribution is 5.89. The van der Waals surface area contributed by atoms with Crippen molar-refractivity contribution < 1.29 is 49.4 Å². The van der Waals surface area contributed by atoms with Crippen LogP contribution in [0.25, 0.3) is 0 Å². The van der Waals surface area contributed by atoms with E-state index in [4.69, 9.17) is 9.47 Å². The van der Waals surface area contributed by atoms with Gasteiger partial charge in [0, 0.05) is 65.9 Å². The number of carbonyl (C=O) groups is 3. The third-order valence-corrected chi connectivity index (χ3v) is 15.0. The Kier molecular flexibility index (Phi) is 16.0. The molecule has 3 aliphatic heterocycles. The Morgan fingerprint density at radius 2 is 1.74 bits per heavy atom. The summed E-state index contributed by atoms with van der Waals surface area (Å²) in [5.74, 6) is 3.28. The van der Waals surface area contributed by atoms with Crippen molar-refractivity contribution >= 4 is 23.4 Å². The molecule has 11 heteroatoms. The number of hydrogen-bond acceptors (Lipinski definition) is 11. The predicted octanol–water partition coefficient (Wildman–Crippen LogP) is 8.65. The molecule has 3 heterocycles. The molecule has 3 aromatic rings. The first kappa shape index (κ1) is 49.9. The topological polar surface area (TPSA) is 183 Å². The normalized spacial score (nSPS) is 28.0. The van der Waals surface area contributed by atoms with E-state index in [1.807, 2.05) is 67.6 Å². The number of aromatic hydroxyl groups is 1. The van der Waals surface area contributed by atoms with Crippen molar-refractivity contribution in [3.05, 3.63) is 123 Å². The van der Waals surface area contributed by atoms with Crippen LogP contribution in [0.2, 0.25) is 0 Å². The quantitative estimate of drug-likeness (QED) is 0.0443. The molecule has 0 radical (unpaired) electrons. The zero-order valence-corrected chi connectivity index (χ0v) is 40.3. The first-order valence-corrected chi connectivity index (χ1v) is 25.3. The van der Waals surface area contributed by atoms with Crippen molar-refractivity contribution in [2.45, 2.75) is 165 Å². The van der Waals surface area contributed by atoms with Gasteiger partial charge in [-0.25, -0.2) is 4.79 Å². The van der Waals surface area contributed by atoms with Crippen LogP contribution < -0.4 is 10.1 Å². The summed E-state index contributed by atoms with van der Waals surface area (Å²) < 4.78 is 12.8. The molecule has 0 amide bonds. The monoisotopic (exact) mass is 939 g/mol. The van der Waals surface area contributed by atoms with E-state index in [2.05, 4.69) is 24.1 Å². The molecular formula is C58H69NO10. The van der Waals surface area contributed by atoms with Gasteiger partial charge in [-0.1, -0.05) is 99.6 Å². The summed E-state index contributed by atoms with van der Waals surface area (Å²) in [5, 5.41) is 62.6. The van der Waals surface area contributed by atoms with Crippen LogP contribution in [-0.4, -0.2) is 73.7 Å². The fraction of sp³-hybridized carbons (Fsp3) is 0.500. The maximum atomic E-state index is 15.3. The molecule has 8 bridgehead atoms. The van der Waals surface area contributed by atoms with Gasteiger partial charge in [0.15, 0.2) is 0 Å². The number of Topliss-reactive ketones (excluding diaryl/α,β-unsaturated/α-hetero) is 1. The van der Waals surface area contributed by atoms with E-state index in [-0.39, 0.29) is 86.4 Å². The van der Waals surface area contributed by atoms with Gasteiger partial charge in [0.25, 0.3) is 0 Å². The number of hydrogen-bond donors (Lipinski definition) is 6. The molecule has 3 aromatic carbocycles. The zero-order chi connectivity index (χ0) is 48.8. The lowest BCUT2D eigenvalue weighted by atomic mass is 9.66. The number of aliphatic hydroxyl groups excluding tert-OH is 3. The third kappa shape index (κ3) is 11.3. The van der Waals surface area contributed by atoms with E-state index in [0.717, 1.165) is 41.6 Å². The van der Waals surface area contributed by atoms with E-state index in [0.29, 0.717) is 66.3 Å². The molecule has 0 saturated heterocycles. The lowest BCUT2D eigenvalue weighted by molar-refractivity contribution is -0.176. The Morgan fingerprint density at radius 1 is 0.942 bits per heavy atom. The second kappa shape index (κ2) is 22.1. The van der Waals surface area contributed by atoms with Crippen molar-refractivity contribution in [3.63, 3.8) is 0 Å². The second-order valence-electron chi connectivity index (χ2n) is 20.2. The molecular weight excluding hydrogens is 871 g/mol. The molecule has 0 aromatic heterocycles. The number of nitrogens with one attached hydrogen (secondary N) is 1. The van der Waals surface area contributed by atoms with Gasteiger partial charge in [0.05, 0.1) is 31.2 Å². The van der Waals surface area contributed by atoms with Crippen molar-refractivity contribution in [3.8, 4) is 23.3 Å². The molecule has 69 heavy (non-hydrogen) atoms. The van der Waals surface area contributed by atoms with Gasteiger partial charge in [-0.2, -0.15) is 0 Å². The minimum absolute atomic E-state index is 0.0466. The van der Waals surface area contributed by atoms with Gasteiger partial charge in [-0.3, -0.25) is 9.59 Å². The molecule has 1 fully saturated rings. The van der Waals surface area contributed by atoms with Gasteiger partial charge < -0.3 is 40.3 Å². The van der Waals surface area contributed by atoms with Crippen LogP contribution in [0.3, 0.4) is 0 Å². The average molecular weight is 940 g/mol. The number of ketones is 1. The smallest absolute Gasteiger partial charge is 0.334 e. The van der Waals surface area contributed by atoms with E-state index >= 15 is 4.79 Å². The van der Waals surface area contributed by atoms with E-state index < -0.39 is 53.6 Å². The second-order valence-corrected chi connectivity index (χ2v) is 20.2. The maximum Gasteiger partial charge on any atom is 0.334 e. The molecule has 1 saturated carbocycles. The number of carbonyl (C=O) groups excluding carboxylic acids is 3. The fourth-order valence-electron chi connectivity index (χ4n) is 11.5. The standard InChI is InChI=1S/C58H69NO10/c1-4-6-8-16-48-45(34-60)26-41(30-50(48)59-33-35(3)61)39-17-18-40-32-53(64)69-56-49(40)29-43(55(65)54(56)38-14-9-7-10-15-38)31-52-58(67,21-5-2)46-19-20-51(63)42(27-46)23-36-12-11-13-37(22-36)24-47(62)28-44(25-39)57(66)68-52/h7,9-14,22,26,28-30,35,38-40,42,46-47,52,59-62,65,67H,4-6,8,15-16,19-21,23-25,27,31-34H2,1-3H3/b44-28-/t35-,38-,39+,40-,42-,46-,47+,52+,58-/m0/s1. The van der Waals surface area contributed by atoms with Gasteiger partial charge in [0.2, 0.25) is 0 Å². The number of ether oxygens (including phenoxy) is 2. The van der Waals surface area contributed by atoms with Crippen molar-refractivity contribution in [2.75, 3.05) is 11.9 Å². The summed E-state index contributed by atoms with van der Waals surface area (Å²) in [4.78, 5) is 42.7. The summed E-state index contributed by atoms with van der Waals surface area (Å²) >= 11 is 0. The number of benzene rings is 3. The third-order valence-electron chi connectivity index (χ3n) is 15.0. The summed E-state index contributed by atoms with van der Waals surface area (Å²) in [6.07, 6.45) is 12.5. The van der Waals surface area contributed by atoms with Gasteiger partial charge >= 0.3 is 11.9 Å². The lowest BCUT2D eigenvalue weighted by Crippen LogP contribution is -2.54. The molecule has 5 aliphatic rings. The minimum Gasteiger partial charge on any atom is -0.507 e. The van der Waals surface area contributed by atoms with Crippen LogP contribution in [0.1, 0.15) is 154 Å². The van der Waals surface area contributed by atoms with Gasteiger partial charge in [-0.05, 0) is 116 Å². The highest BCUT2D eigenvalue weighted by Crippen LogP contribution is 2.50. The Balaban J connectivity index is 1.37. The molecule has 6 N–H and O–H groups in total. The van der Waals surface area contributed by atoms with Crippen LogP contribution in [0.5, 0.6) is 11.5 Å². The molecule has 2 aliphatic carbocycles. The SMILES string of the molecule is CCCCCc1c(CO)cc([C@@H]2C#C[C@H]3CC(=O)Oc4c3cc(c(O)c4[C@H]3C=CC=CC3)C[C@H]3OC(=O)/C(=C\[C@H](O)Cc4cccc(c4)C[C@H]4C[C@H](CCC4=O)[C@@]3(O)CCC)C2)cc1NC[C@H](C)O. The molecule has 0 spiro atoms. The van der Waals surface area contributed by atoms with Crippen LogP contribution in [0.4, 0.5) is 5.69 Å². The van der Waals surface area contributed by atoms with Crippen LogP contribution in [-0.2, 0) is 51.4 Å². The van der Waals surface area contributed by atoms with E-state index in [1.165, 1.54) is 6.08 Å². The van der Waals surface area contributed by atoms with E-state index in [1.54, 1.807) is 13.0 Å². The van der Waals surface area contributed by atoms with Gasteiger partial charge in [-0.15, -0.1) is 0 Å². The number of rotatable bonds is 12. The number of anilines is 1. The highest BCUT2D eigenvalue weighted by Gasteiger charge is 2.49. The number of allylic oxidation sites excluding steroid dienone is 4. The molecule has 366 valence electrons. The summed E-state index contributed by atoms with van der Waals surface area (Å²) in [5.41, 5.74) is 4.70. The summed E-state index contributed by atoms with van der Waals surface area (Å²) in [6.45, 7) is 5.77. The number of aliphatic hydroxyl groups is 4. The number of unbranched alkanes of at least 4 members (excludes halogenated alkanes) is 2. The van der Waals surface area contributed by atoms with Crippen LogP contribution in [0.15, 0.2) is 78.4 Å². The largest absolute Gasteiger partial charge is 0.507 e. The maximum absolute atomic E-state index is 15.3. The summed E-state index contributed by atoms with van der Waals surface area (Å²) in [6, 6.07) is 13.5. The van der Waals surface area contributed by atoms with Gasteiger partial charge in [0.1, 0.15) is 29.0 Å². The average Bonchev–Trinajstić information content (AvgIpc) is 3.33. The predicted molar refractivity (Wildman–Crippen MR) is 265 cm³/mol. The van der Waals surface area contributed by atoms with Crippen molar-refractivity contribution in [1.82, 2.24) is 0 Å². The Morgan fingerprint density at radius 3 is 2.48 bits per heavy atom. The lowest BCUT2D eigenvalue weighted by Gasteiger charge is -2.45. The van der Waals surface area contributed by atoms with Crippen LogP contribution >= 0.6 is 0 Å². The Labute approximate surface area is 406 Å². The van der Waals surface area contributed by atoms with E-state index in [9.17, 15) is 35.1 Å². The Bertz CT molecular complexity index is 2560. The number of fused-ring (bicyclic) bond motifs is 8. The number of esters is 2. The Hall–Kier alpha value is -5.51. The first-order chi connectivity index (χ1) is 33.3. The first-order valence-electron chi connectivity index (χ1n) is 25.3. The number of phenols is 1. The highest BCUT2D eigenvalue weighted by atomic mass is 16.6.